The minimum atomic E-state index is 0.0571. The lowest BCUT2D eigenvalue weighted by molar-refractivity contribution is -0.126. The van der Waals surface area contributed by atoms with Gasteiger partial charge in [0.1, 0.15) is 0 Å². The Morgan fingerprint density at radius 1 is 1.11 bits per heavy atom. The van der Waals surface area contributed by atoms with Crippen LogP contribution >= 0.6 is 22.9 Å². The lowest BCUT2D eigenvalue weighted by atomic mass is 10.2. The first-order valence-electron chi connectivity index (χ1n) is 8.94. The Morgan fingerprint density at radius 3 is 2.56 bits per heavy atom. The average molecular weight is 398 g/mol. The Morgan fingerprint density at radius 2 is 1.85 bits per heavy atom. The maximum atomic E-state index is 12.4. The third-order valence-electron chi connectivity index (χ3n) is 4.77. The molecule has 0 unspecified atom stereocenters. The number of fused-ring (bicyclic) bond motifs is 1. The Bertz CT molecular complexity index is 952. The van der Waals surface area contributed by atoms with Crippen LogP contribution < -0.4 is 4.90 Å². The van der Waals surface area contributed by atoms with E-state index in [0.717, 1.165) is 44.6 Å². The molecule has 27 heavy (non-hydrogen) atoms. The molecule has 0 aliphatic carbocycles. The normalized spacial score (nSPS) is 15.0. The number of rotatable bonds is 3. The van der Waals surface area contributed by atoms with Gasteiger partial charge in [-0.15, -0.1) is 0 Å². The van der Waals surface area contributed by atoms with E-state index in [4.69, 9.17) is 16.6 Å². The number of carbonyl (C=O) groups is 1. The van der Waals surface area contributed by atoms with Gasteiger partial charge in [-0.3, -0.25) is 4.79 Å². The first-order chi connectivity index (χ1) is 13.1. The van der Waals surface area contributed by atoms with Gasteiger partial charge in [-0.1, -0.05) is 59.3 Å². The van der Waals surface area contributed by atoms with Crippen LogP contribution in [0.5, 0.6) is 0 Å². The maximum Gasteiger partial charge on any atom is 0.246 e. The van der Waals surface area contributed by atoms with Crippen molar-refractivity contribution in [2.45, 2.75) is 6.92 Å². The third-order valence-corrected chi connectivity index (χ3v) is 6.34. The summed E-state index contributed by atoms with van der Waals surface area (Å²) >= 11 is 7.95. The van der Waals surface area contributed by atoms with Crippen LogP contribution in [0.2, 0.25) is 5.02 Å². The number of nitrogens with zero attached hydrogens (tertiary/aromatic N) is 3. The minimum absolute atomic E-state index is 0.0571. The maximum absolute atomic E-state index is 12.4. The molecule has 0 spiro atoms. The highest BCUT2D eigenvalue weighted by atomic mass is 35.5. The minimum Gasteiger partial charge on any atom is -0.345 e. The van der Waals surface area contributed by atoms with Gasteiger partial charge < -0.3 is 9.80 Å². The van der Waals surface area contributed by atoms with Crippen molar-refractivity contribution in [2.24, 2.45) is 0 Å². The largest absolute Gasteiger partial charge is 0.345 e. The second-order valence-electron chi connectivity index (χ2n) is 6.59. The van der Waals surface area contributed by atoms with E-state index < -0.39 is 0 Å². The number of anilines is 1. The van der Waals surface area contributed by atoms with E-state index in [-0.39, 0.29) is 5.91 Å². The molecule has 1 aliphatic heterocycles. The van der Waals surface area contributed by atoms with Crippen LogP contribution in [0.25, 0.3) is 16.3 Å². The topological polar surface area (TPSA) is 36.4 Å². The van der Waals surface area contributed by atoms with E-state index in [0.29, 0.717) is 13.1 Å². The highest BCUT2D eigenvalue weighted by Crippen LogP contribution is 2.35. The molecule has 3 aromatic rings. The number of halogens is 1. The van der Waals surface area contributed by atoms with Crippen molar-refractivity contribution >= 4 is 50.3 Å². The van der Waals surface area contributed by atoms with Gasteiger partial charge in [-0.2, -0.15) is 0 Å². The Balaban J connectivity index is 1.42. The van der Waals surface area contributed by atoms with E-state index in [1.54, 1.807) is 17.4 Å². The van der Waals surface area contributed by atoms with Gasteiger partial charge in [-0.25, -0.2) is 4.98 Å². The SMILES string of the molecule is Cc1ccc(Cl)c2sc(N3CCN(C(=O)/C=C/c4ccccc4)CC3)nc12. The molecule has 2 aromatic carbocycles. The fraction of sp³-hybridized carbons (Fsp3) is 0.238. The zero-order chi connectivity index (χ0) is 18.8. The van der Waals surface area contributed by atoms with Gasteiger partial charge in [0, 0.05) is 32.3 Å². The number of benzene rings is 2. The van der Waals surface area contributed by atoms with Crippen molar-refractivity contribution < 1.29 is 4.79 Å². The second kappa shape index (κ2) is 7.71. The predicted octanol–water partition coefficient (Wildman–Crippen LogP) is 4.62. The van der Waals surface area contributed by atoms with Crippen molar-refractivity contribution in [3.05, 3.63) is 64.7 Å². The quantitative estimate of drug-likeness (QED) is 0.605. The van der Waals surface area contributed by atoms with E-state index in [1.807, 2.05) is 53.4 Å². The molecule has 6 heteroatoms. The zero-order valence-electron chi connectivity index (χ0n) is 15.1. The summed E-state index contributed by atoms with van der Waals surface area (Å²) in [6.45, 7) is 5.00. The van der Waals surface area contributed by atoms with Gasteiger partial charge in [0.05, 0.1) is 15.2 Å². The predicted molar refractivity (Wildman–Crippen MR) is 114 cm³/mol. The van der Waals surface area contributed by atoms with Crippen LogP contribution in [0.15, 0.2) is 48.5 Å². The van der Waals surface area contributed by atoms with Gasteiger partial charge in [0.2, 0.25) is 5.91 Å². The Kier molecular flexibility index (Phi) is 5.14. The number of hydrogen-bond donors (Lipinski definition) is 0. The molecule has 4 rings (SSSR count). The lowest BCUT2D eigenvalue weighted by Gasteiger charge is -2.34. The van der Waals surface area contributed by atoms with Crippen LogP contribution in [0.4, 0.5) is 5.13 Å². The Hall–Kier alpha value is -2.37. The molecule has 0 N–H and O–H groups in total. The number of piperazine rings is 1. The summed E-state index contributed by atoms with van der Waals surface area (Å²) in [6, 6.07) is 13.8. The summed E-state index contributed by atoms with van der Waals surface area (Å²) in [5.74, 6) is 0.0571. The molecule has 1 fully saturated rings. The number of aryl methyl sites for hydroxylation is 1. The summed E-state index contributed by atoms with van der Waals surface area (Å²) in [5, 5.41) is 1.73. The van der Waals surface area contributed by atoms with Gasteiger partial charge in [0.25, 0.3) is 0 Å². The molecule has 1 aliphatic rings. The summed E-state index contributed by atoms with van der Waals surface area (Å²) in [4.78, 5) is 21.4. The van der Waals surface area contributed by atoms with E-state index in [1.165, 1.54) is 0 Å². The zero-order valence-corrected chi connectivity index (χ0v) is 16.6. The summed E-state index contributed by atoms with van der Waals surface area (Å²) < 4.78 is 1.04. The number of aromatic nitrogens is 1. The van der Waals surface area contributed by atoms with Crippen LogP contribution in [-0.2, 0) is 4.79 Å². The highest BCUT2D eigenvalue weighted by molar-refractivity contribution is 7.22. The molecule has 1 saturated heterocycles. The number of carbonyl (C=O) groups excluding carboxylic acids is 1. The number of hydrogen-bond acceptors (Lipinski definition) is 4. The molecule has 138 valence electrons. The molecule has 0 atom stereocenters. The van der Waals surface area contributed by atoms with Crippen LogP contribution in [0.1, 0.15) is 11.1 Å². The van der Waals surface area contributed by atoms with Crippen molar-refractivity contribution in [3.8, 4) is 0 Å². The number of thiazole rings is 1. The highest BCUT2D eigenvalue weighted by Gasteiger charge is 2.22. The van der Waals surface area contributed by atoms with E-state index >= 15 is 0 Å². The standard InChI is InChI=1S/C21H20ClN3OS/c1-15-7-9-17(22)20-19(15)23-21(27-20)25-13-11-24(12-14-25)18(26)10-8-16-5-3-2-4-6-16/h2-10H,11-14H2,1H3/b10-8+. The Labute approximate surface area is 167 Å². The van der Waals surface area contributed by atoms with Crippen molar-refractivity contribution in [1.82, 2.24) is 9.88 Å². The van der Waals surface area contributed by atoms with Gasteiger partial charge in [0.15, 0.2) is 5.13 Å². The second-order valence-corrected chi connectivity index (χ2v) is 7.98. The summed E-state index contributed by atoms with van der Waals surface area (Å²) in [6.07, 6.45) is 3.53. The monoisotopic (exact) mass is 397 g/mol. The first kappa shape index (κ1) is 18.0. The molecular formula is C21H20ClN3OS. The fourth-order valence-electron chi connectivity index (χ4n) is 3.18. The van der Waals surface area contributed by atoms with Crippen LogP contribution in [0, 0.1) is 6.92 Å². The molecular weight excluding hydrogens is 378 g/mol. The van der Waals surface area contributed by atoms with Crippen molar-refractivity contribution in [1.29, 1.82) is 0 Å². The summed E-state index contributed by atoms with van der Waals surface area (Å²) in [7, 11) is 0. The molecule has 2 heterocycles. The van der Waals surface area contributed by atoms with Crippen molar-refractivity contribution in [2.75, 3.05) is 31.1 Å². The first-order valence-corrected chi connectivity index (χ1v) is 10.1. The van der Waals surface area contributed by atoms with Crippen LogP contribution in [-0.4, -0.2) is 42.0 Å². The third kappa shape index (κ3) is 3.84. The molecule has 0 bridgehead atoms. The van der Waals surface area contributed by atoms with Crippen LogP contribution in [0.3, 0.4) is 0 Å². The van der Waals surface area contributed by atoms with E-state index in [9.17, 15) is 4.79 Å². The molecule has 4 nitrogen and oxygen atoms in total. The smallest absolute Gasteiger partial charge is 0.246 e. The molecule has 0 saturated carbocycles. The lowest BCUT2D eigenvalue weighted by Crippen LogP contribution is -2.48. The molecule has 1 amide bonds. The van der Waals surface area contributed by atoms with Crippen molar-refractivity contribution in [3.63, 3.8) is 0 Å². The average Bonchev–Trinajstić information content (AvgIpc) is 3.17. The molecule has 0 radical (unpaired) electrons. The summed E-state index contributed by atoms with van der Waals surface area (Å²) in [5.41, 5.74) is 3.15. The van der Waals surface area contributed by atoms with Gasteiger partial charge >= 0.3 is 0 Å². The van der Waals surface area contributed by atoms with Gasteiger partial charge in [-0.05, 0) is 30.2 Å². The fourth-order valence-corrected chi connectivity index (χ4v) is 4.55. The van der Waals surface area contributed by atoms with E-state index in [2.05, 4.69) is 11.8 Å². The number of amides is 1. The molecule has 1 aromatic heterocycles.